The third-order valence-corrected chi connectivity index (χ3v) is 8.39. The molecule has 0 bridgehead atoms. The van der Waals surface area contributed by atoms with Gasteiger partial charge in [0.25, 0.3) is 0 Å². The van der Waals surface area contributed by atoms with Gasteiger partial charge in [0.2, 0.25) is 0 Å². The standard InChI is InChI=1S/C30H37F2N3O2/c1-3-33(4-2)13-14-34-15-16-35-27-18-20(30(36)37)9-11-25(27)28(24-7-5-6-8-26(24)32)29(35)23-12-10-22(31)17-21(23)19-34/h9-12,17-18,24,26H,3-8,13-16,19H2,1-2H3,(H,36,37)/t24-,26-/m0/s1. The minimum atomic E-state index is -0.978. The smallest absolute Gasteiger partial charge is 0.335 e. The maximum Gasteiger partial charge on any atom is 0.335 e. The van der Waals surface area contributed by atoms with Crippen molar-refractivity contribution < 1.29 is 18.7 Å². The third kappa shape index (κ3) is 5.04. The van der Waals surface area contributed by atoms with E-state index in [2.05, 4.69) is 28.2 Å². The number of carbonyl (C=O) groups is 1. The van der Waals surface area contributed by atoms with Gasteiger partial charge in [0.05, 0.1) is 11.3 Å². The van der Waals surface area contributed by atoms with Crippen LogP contribution in [0, 0.1) is 5.82 Å². The van der Waals surface area contributed by atoms with Crippen LogP contribution in [0.5, 0.6) is 0 Å². The van der Waals surface area contributed by atoms with E-state index in [1.54, 1.807) is 18.2 Å². The van der Waals surface area contributed by atoms with Crippen molar-refractivity contribution in [3.8, 4) is 11.3 Å². The average molecular weight is 510 g/mol. The Labute approximate surface area is 217 Å². The van der Waals surface area contributed by atoms with Crippen LogP contribution in [0.15, 0.2) is 36.4 Å². The minimum Gasteiger partial charge on any atom is -0.478 e. The number of aromatic carboxylic acids is 1. The summed E-state index contributed by atoms with van der Waals surface area (Å²) < 4.78 is 32.2. The van der Waals surface area contributed by atoms with Crippen LogP contribution in [0.3, 0.4) is 0 Å². The minimum absolute atomic E-state index is 0.222. The van der Waals surface area contributed by atoms with E-state index in [9.17, 15) is 14.3 Å². The van der Waals surface area contributed by atoms with Crippen LogP contribution in [0.25, 0.3) is 22.2 Å². The van der Waals surface area contributed by atoms with Gasteiger partial charge in [-0.3, -0.25) is 4.90 Å². The van der Waals surface area contributed by atoms with Crippen LogP contribution in [-0.4, -0.2) is 64.3 Å². The molecule has 1 aromatic heterocycles. The molecule has 0 saturated heterocycles. The first-order valence-corrected chi connectivity index (χ1v) is 13.7. The molecular formula is C30H37F2N3O2. The molecule has 2 heterocycles. The predicted octanol–water partition coefficient (Wildman–Crippen LogP) is 6.30. The highest BCUT2D eigenvalue weighted by Gasteiger charge is 2.34. The topological polar surface area (TPSA) is 48.7 Å². The summed E-state index contributed by atoms with van der Waals surface area (Å²) in [6.45, 7) is 10.1. The number of alkyl halides is 1. The number of fused-ring (bicyclic) bond motifs is 5. The number of carboxylic acids is 1. The SMILES string of the molecule is CCN(CC)CCN1CCn2c(c([C@H]3CCCC[C@@H]3F)c3ccc(C(=O)O)cc32)-c2ccc(F)cc2C1. The molecule has 1 saturated carbocycles. The van der Waals surface area contributed by atoms with E-state index in [0.717, 1.165) is 85.3 Å². The van der Waals surface area contributed by atoms with Gasteiger partial charge in [-0.05, 0) is 67.4 Å². The Hall–Kier alpha value is -2.77. The van der Waals surface area contributed by atoms with E-state index in [1.165, 1.54) is 6.07 Å². The van der Waals surface area contributed by atoms with Crippen LogP contribution in [0.1, 0.15) is 66.9 Å². The summed E-state index contributed by atoms with van der Waals surface area (Å²) >= 11 is 0. The second-order valence-electron chi connectivity index (χ2n) is 10.5. The van der Waals surface area contributed by atoms with Gasteiger partial charge in [-0.15, -0.1) is 0 Å². The van der Waals surface area contributed by atoms with E-state index in [1.807, 2.05) is 12.1 Å². The van der Waals surface area contributed by atoms with Crippen molar-refractivity contribution in [2.24, 2.45) is 0 Å². The van der Waals surface area contributed by atoms with Crippen LogP contribution in [-0.2, 0) is 13.1 Å². The van der Waals surface area contributed by atoms with Crippen LogP contribution in [0.4, 0.5) is 8.78 Å². The summed E-state index contributed by atoms with van der Waals surface area (Å²) in [5.74, 6) is -1.50. The summed E-state index contributed by atoms with van der Waals surface area (Å²) in [4.78, 5) is 16.6. The van der Waals surface area contributed by atoms with Crippen molar-refractivity contribution >= 4 is 16.9 Å². The molecule has 3 aromatic rings. The Morgan fingerprint density at radius 2 is 1.86 bits per heavy atom. The number of benzene rings is 2. The lowest BCUT2D eigenvalue weighted by molar-refractivity contribution is 0.0697. The summed E-state index contributed by atoms with van der Waals surface area (Å²) in [7, 11) is 0. The fourth-order valence-electron chi connectivity index (χ4n) is 6.32. The molecule has 1 fully saturated rings. The van der Waals surface area contributed by atoms with Gasteiger partial charge in [0.1, 0.15) is 12.0 Å². The van der Waals surface area contributed by atoms with Crippen molar-refractivity contribution in [2.45, 2.75) is 64.7 Å². The van der Waals surface area contributed by atoms with Gasteiger partial charge >= 0.3 is 5.97 Å². The average Bonchev–Trinajstić information content (AvgIpc) is 3.19. The second kappa shape index (κ2) is 10.9. The first-order chi connectivity index (χ1) is 17.9. The molecule has 7 heteroatoms. The zero-order valence-corrected chi connectivity index (χ0v) is 21.9. The van der Waals surface area contributed by atoms with Gasteiger partial charge in [0.15, 0.2) is 0 Å². The molecule has 5 rings (SSSR count). The molecule has 5 nitrogen and oxygen atoms in total. The molecule has 0 radical (unpaired) electrons. The maximum absolute atomic E-state index is 15.5. The summed E-state index contributed by atoms with van der Waals surface area (Å²) in [5, 5.41) is 10.6. The van der Waals surface area contributed by atoms with E-state index in [4.69, 9.17) is 0 Å². The van der Waals surface area contributed by atoms with Gasteiger partial charge in [0, 0.05) is 55.1 Å². The Kier molecular flexibility index (Phi) is 7.63. The molecule has 0 unspecified atom stereocenters. The monoisotopic (exact) mass is 509 g/mol. The van der Waals surface area contributed by atoms with Crippen LogP contribution >= 0.6 is 0 Å². The molecule has 1 aliphatic carbocycles. The van der Waals surface area contributed by atoms with Crippen LogP contribution in [0.2, 0.25) is 0 Å². The fourth-order valence-corrected chi connectivity index (χ4v) is 6.32. The number of carboxylic acid groups (broad SMARTS) is 1. The van der Waals surface area contributed by atoms with Gasteiger partial charge in [-0.1, -0.05) is 32.8 Å². The van der Waals surface area contributed by atoms with E-state index >= 15 is 4.39 Å². The number of hydrogen-bond donors (Lipinski definition) is 1. The number of rotatable bonds is 7. The Morgan fingerprint density at radius 1 is 1.08 bits per heavy atom. The molecular weight excluding hydrogens is 472 g/mol. The van der Waals surface area contributed by atoms with Gasteiger partial charge in [-0.25, -0.2) is 13.6 Å². The summed E-state index contributed by atoms with van der Waals surface area (Å²) in [5.41, 5.74) is 4.76. The highest BCUT2D eigenvalue weighted by Crippen LogP contribution is 2.46. The van der Waals surface area contributed by atoms with Crippen molar-refractivity contribution in [2.75, 3.05) is 32.7 Å². The molecule has 2 aromatic carbocycles. The van der Waals surface area contributed by atoms with Gasteiger partial charge < -0.3 is 14.6 Å². The molecule has 0 amide bonds. The van der Waals surface area contributed by atoms with Gasteiger partial charge in [-0.2, -0.15) is 0 Å². The normalized spacial score (nSPS) is 20.5. The molecule has 2 aliphatic rings. The Bertz CT molecular complexity index is 1280. The molecule has 37 heavy (non-hydrogen) atoms. The summed E-state index contributed by atoms with van der Waals surface area (Å²) in [6.07, 6.45) is 2.22. The van der Waals surface area contributed by atoms with E-state index in [0.29, 0.717) is 19.5 Å². The lowest BCUT2D eigenvalue weighted by Crippen LogP contribution is -2.37. The molecule has 2 atom stereocenters. The summed E-state index contributed by atoms with van der Waals surface area (Å²) in [6, 6.07) is 10.2. The molecule has 0 spiro atoms. The quantitative estimate of drug-likeness (QED) is 0.406. The zero-order valence-electron chi connectivity index (χ0n) is 21.9. The van der Waals surface area contributed by atoms with E-state index in [-0.39, 0.29) is 17.3 Å². The number of hydrogen-bond acceptors (Lipinski definition) is 3. The fraction of sp³-hybridized carbons (Fsp3) is 0.500. The first kappa shape index (κ1) is 25.9. The van der Waals surface area contributed by atoms with Crippen molar-refractivity contribution in [3.05, 3.63) is 58.9 Å². The largest absolute Gasteiger partial charge is 0.478 e. The Balaban J connectivity index is 1.69. The number of aromatic nitrogens is 1. The molecule has 198 valence electrons. The van der Waals surface area contributed by atoms with Crippen molar-refractivity contribution in [1.82, 2.24) is 14.4 Å². The highest BCUT2D eigenvalue weighted by molar-refractivity contribution is 5.98. The van der Waals surface area contributed by atoms with Crippen LogP contribution < -0.4 is 0 Å². The van der Waals surface area contributed by atoms with Crippen molar-refractivity contribution in [3.63, 3.8) is 0 Å². The maximum atomic E-state index is 15.5. The Morgan fingerprint density at radius 3 is 2.59 bits per heavy atom. The molecule has 1 N–H and O–H groups in total. The third-order valence-electron chi connectivity index (χ3n) is 8.39. The lowest BCUT2D eigenvalue weighted by Gasteiger charge is -2.31. The second-order valence-corrected chi connectivity index (χ2v) is 10.5. The van der Waals surface area contributed by atoms with E-state index < -0.39 is 12.1 Å². The molecule has 1 aliphatic heterocycles. The number of halogens is 2. The first-order valence-electron chi connectivity index (χ1n) is 13.7. The number of nitrogens with zero attached hydrogens (tertiary/aromatic N) is 3. The lowest BCUT2D eigenvalue weighted by atomic mass is 9.80. The zero-order chi connectivity index (χ0) is 26.1. The van der Waals surface area contributed by atoms with Crippen molar-refractivity contribution in [1.29, 1.82) is 0 Å². The predicted molar refractivity (Wildman–Crippen MR) is 143 cm³/mol. The highest BCUT2D eigenvalue weighted by atomic mass is 19.1. The number of likely N-dealkylation sites (N-methyl/N-ethyl adjacent to an activating group) is 1.